The van der Waals surface area contributed by atoms with Crippen LogP contribution in [0.4, 0.5) is 0 Å². The summed E-state index contributed by atoms with van der Waals surface area (Å²) >= 11 is 0. The van der Waals surface area contributed by atoms with E-state index in [9.17, 15) is 0 Å². The maximum Gasteiger partial charge on any atom is 0.0991 e. The van der Waals surface area contributed by atoms with Crippen LogP contribution in [-0.2, 0) is 6.54 Å². The van der Waals surface area contributed by atoms with E-state index in [1.165, 1.54) is 11.3 Å². The smallest absolute Gasteiger partial charge is 0.0991 e. The maximum atomic E-state index is 9.05. The number of hydrogen-bond donors (Lipinski definition) is 1. The molecule has 2 atom stereocenters. The molecule has 1 N–H and O–H groups in total. The van der Waals surface area contributed by atoms with E-state index in [0.29, 0.717) is 17.5 Å². The fourth-order valence-corrected chi connectivity index (χ4v) is 4.08. The monoisotopic (exact) mass is 368 g/mol. The zero-order valence-electron chi connectivity index (χ0n) is 16.3. The highest BCUT2D eigenvalue weighted by Crippen LogP contribution is 2.34. The highest BCUT2D eigenvalue weighted by molar-refractivity contribution is 5.41. The van der Waals surface area contributed by atoms with Crippen molar-refractivity contribution >= 4 is 0 Å². The molecule has 0 radical (unpaired) electrons. The van der Waals surface area contributed by atoms with Crippen LogP contribution in [-0.4, -0.2) is 15.8 Å². The number of nitrogens with one attached hydrogen (secondary N) is 1. The molecule has 0 bridgehead atoms. The molecule has 3 aromatic rings. The number of rotatable bonds is 5. The van der Waals surface area contributed by atoms with Gasteiger partial charge in [-0.1, -0.05) is 42.5 Å². The minimum Gasteiger partial charge on any atom is -0.306 e. The van der Waals surface area contributed by atoms with Gasteiger partial charge in [0, 0.05) is 29.8 Å². The summed E-state index contributed by atoms with van der Waals surface area (Å²) in [5.41, 5.74) is 6.58. The van der Waals surface area contributed by atoms with Crippen molar-refractivity contribution in [2.45, 2.75) is 38.8 Å². The van der Waals surface area contributed by atoms with Gasteiger partial charge in [0.1, 0.15) is 0 Å². The summed E-state index contributed by atoms with van der Waals surface area (Å²) in [6.07, 6.45) is 5.59. The summed E-state index contributed by atoms with van der Waals surface area (Å²) < 4.78 is 2.05. The minimum atomic E-state index is 0.328. The number of nitrogens with zero attached hydrogens (tertiary/aromatic N) is 3. The maximum absolute atomic E-state index is 9.05. The molecule has 0 fully saturated rings. The zero-order chi connectivity index (χ0) is 19.5. The molecule has 0 spiro atoms. The largest absolute Gasteiger partial charge is 0.306 e. The van der Waals surface area contributed by atoms with E-state index in [-0.39, 0.29) is 0 Å². The first-order valence-corrected chi connectivity index (χ1v) is 9.68. The molecular formula is C24H24N4. The molecule has 0 unspecified atom stereocenters. The van der Waals surface area contributed by atoms with Crippen molar-refractivity contribution in [1.82, 2.24) is 15.1 Å². The molecule has 4 nitrogen and oxygen atoms in total. The van der Waals surface area contributed by atoms with Crippen LogP contribution in [0.2, 0.25) is 0 Å². The van der Waals surface area contributed by atoms with E-state index >= 15 is 0 Å². The molecular weight excluding hydrogens is 344 g/mol. The van der Waals surface area contributed by atoms with Gasteiger partial charge in [0.25, 0.3) is 0 Å². The van der Waals surface area contributed by atoms with Crippen molar-refractivity contribution in [3.63, 3.8) is 0 Å². The van der Waals surface area contributed by atoms with E-state index in [4.69, 9.17) is 10.4 Å². The average Bonchev–Trinajstić information content (AvgIpc) is 3.31. The van der Waals surface area contributed by atoms with E-state index in [1.807, 2.05) is 41.1 Å². The SMILES string of the molecule is Cc1nn(-c2ccccc2)c(C)c1[C@H]1C=C[C@@H](NCc2cccc(C#N)c2)C1. The third-order valence-corrected chi connectivity index (χ3v) is 5.43. The Hall–Kier alpha value is -3.16. The molecule has 0 amide bonds. The van der Waals surface area contributed by atoms with Gasteiger partial charge in [0.15, 0.2) is 0 Å². The quantitative estimate of drug-likeness (QED) is 0.672. The lowest BCUT2D eigenvalue weighted by molar-refractivity contribution is 0.559. The predicted molar refractivity (Wildman–Crippen MR) is 111 cm³/mol. The van der Waals surface area contributed by atoms with Crippen LogP contribution in [0.15, 0.2) is 66.7 Å². The van der Waals surface area contributed by atoms with E-state index in [1.54, 1.807) is 0 Å². The van der Waals surface area contributed by atoms with Gasteiger partial charge in [-0.05, 0) is 50.1 Å². The second-order valence-corrected chi connectivity index (χ2v) is 7.36. The Morgan fingerprint density at radius 3 is 2.71 bits per heavy atom. The van der Waals surface area contributed by atoms with Gasteiger partial charge in [0.05, 0.1) is 23.0 Å². The lowest BCUT2D eigenvalue weighted by Crippen LogP contribution is -2.25. The summed E-state index contributed by atoms with van der Waals surface area (Å²) in [5, 5.41) is 17.4. The summed E-state index contributed by atoms with van der Waals surface area (Å²) in [4.78, 5) is 0. The predicted octanol–water partition coefficient (Wildman–Crippen LogP) is 4.56. The van der Waals surface area contributed by atoms with Crippen molar-refractivity contribution in [2.75, 3.05) is 0 Å². The average molecular weight is 368 g/mol. The highest BCUT2D eigenvalue weighted by atomic mass is 15.3. The molecule has 0 saturated carbocycles. The van der Waals surface area contributed by atoms with Crippen molar-refractivity contribution in [1.29, 1.82) is 5.26 Å². The molecule has 1 heterocycles. The van der Waals surface area contributed by atoms with Gasteiger partial charge in [-0.2, -0.15) is 10.4 Å². The van der Waals surface area contributed by atoms with E-state index in [0.717, 1.165) is 29.9 Å². The molecule has 2 aromatic carbocycles. The lowest BCUT2D eigenvalue weighted by Gasteiger charge is -2.15. The van der Waals surface area contributed by atoms with Crippen LogP contribution < -0.4 is 5.32 Å². The normalized spacial score (nSPS) is 18.3. The number of benzene rings is 2. The molecule has 0 saturated heterocycles. The van der Waals surface area contributed by atoms with Crippen molar-refractivity contribution in [2.24, 2.45) is 0 Å². The molecule has 28 heavy (non-hydrogen) atoms. The van der Waals surface area contributed by atoms with E-state index < -0.39 is 0 Å². The van der Waals surface area contributed by atoms with E-state index in [2.05, 4.69) is 55.6 Å². The lowest BCUT2D eigenvalue weighted by atomic mass is 9.96. The Bertz CT molecular complexity index is 1040. The second kappa shape index (κ2) is 7.84. The highest BCUT2D eigenvalue weighted by Gasteiger charge is 2.25. The molecule has 0 aliphatic heterocycles. The number of aromatic nitrogens is 2. The van der Waals surface area contributed by atoms with Gasteiger partial charge in [-0.3, -0.25) is 0 Å². The Labute approximate surface area is 166 Å². The van der Waals surface area contributed by atoms with Gasteiger partial charge in [-0.15, -0.1) is 0 Å². The summed E-state index contributed by atoms with van der Waals surface area (Å²) in [6, 6.07) is 20.6. The first-order chi connectivity index (χ1) is 13.7. The van der Waals surface area contributed by atoms with Crippen LogP contribution >= 0.6 is 0 Å². The Morgan fingerprint density at radius 2 is 1.93 bits per heavy atom. The topological polar surface area (TPSA) is 53.6 Å². The number of aryl methyl sites for hydroxylation is 1. The number of nitriles is 1. The Balaban J connectivity index is 1.45. The molecule has 4 heteroatoms. The third-order valence-electron chi connectivity index (χ3n) is 5.43. The van der Waals surface area contributed by atoms with Crippen LogP contribution in [0.5, 0.6) is 0 Å². The number of allylic oxidation sites excluding steroid dienone is 1. The van der Waals surface area contributed by atoms with Gasteiger partial charge < -0.3 is 5.32 Å². The number of para-hydroxylation sites is 1. The summed E-state index contributed by atoms with van der Waals surface area (Å²) in [7, 11) is 0. The summed E-state index contributed by atoms with van der Waals surface area (Å²) in [6.45, 7) is 5.02. The van der Waals surface area contributed by atoms with Gasteiger partial charge in [-0.25, -0.2) is 4.68 Å². The molecule has 140 valence electrons. The van der Waals surface area contributed by atoms with Crippen molar-refractivity contribution in [3.05, 3.63) is 94.8 Å². The fourth-order valence-electron chi connectivity index (χ4n) is 4.08. The molecule has 4 rings (SSSR count). The van der Waals surface area contributed by atoms with Crippen molar-refractivity contribution < 1.29 is 0 Å². The standard InChI is InChI=1S/C24H24N4/c1-17-24(18(2)28(27-17)23-9-4-3-5-10-23)21-11-12-22(14-21)26-16-20-8-6-7-19(13-20)15-25/h3-13,21-22,26H,14,16H2,1-2H3/t21-,22+/m0/s1. The minimum absolute atomic E-state index is 0.328. The molecule has 1 aliphatic carbocycles. The zero-order valence-corrected chi connectivity index (χ0v) is 16.3. The van der Waals surface area contributed by atoms with Gasteiger partial charge in [0.2, 0.25) is 0 Å². The van der Waals surface area contributed by atoms with Gasteiger partial charge >= 0.3 is 0 Å². The van der Waals surface area contributed by atoms with Crippen LogP contribution in [0, 0.1) is 25.2 Å². The first kappa shape index (κ1) is 18.2. The van der Waals surface area contributed by atoms with Crippen molar-refractivity contribution in [3.8, 4) is 11.8 Å². The van der Waals surface area contributed by atoms with Crippen LogP contribution in [0.1, 0.15) is 40.4 Å². The summed E-state index contributed by atoms with van der Waals surface area (Å²) in [5.74, 6) is 0.375. The first-order valence-electron chi connectivity index (χ1n) is 9.68. The second-order valence-electron chi connectivity index (χ2n) is 7.36. The number of hydrogen-bond acceptors (Lipinski definition) is 3. The molecule has 1 aliphatic rings. The van der Waals surface area contributed by atoms with Crippen LogP contribution in [0.25, 0.3) is 5.69 Å². The fraction of sp³-hybridized carbons (Fsp3) is 0.250. The Morgan fingerprint density at radius 1 is 1.11 bits per heavy atom. The Kier molecular flexibility index (Phi) is 5.10. The van der Waals surface area contributed by atoms with Crippen LogP contribution in [0.3, 0.4) is 0 Å². The third kappa shape index (κ3) is 3.62. The molecule has 1 aromatic heterocycles.